The van der Waals surface area contributed by atoms with E-state index in [4.69, 9.17) is 0 Å². The van der Waals surface area contributed by atoms with Crippen molar-refractivity contribution in [3.63, 3.8) is 0 Å². The van der Waals surface area contributed by atoms with E-state index in [9.17, 15) is 4.79 Å². The molecule has 2 aromatic rings. The zero-order valence-corrected chi connectivity index (χ0v) is 14.2. The number of carbonyl (C=O) groups excluding carboxylic acids is 1. The molecule has 2 aliphatic rings. The van der Waals surface area contributed by atoms with Crippen LogP contribution in [0, 0.1) is 11.3 Å². The maximum absolute atomic E-state index is 13.1. The predicted octanol–water partition coefficient (Wildman–Crippen LogP) is 3.08. The zero-order valence-electron chi connectivity index (χ0n) is 12.6. The summed E-state index contributed by atoms with van der Waals surface area (Å²) in [4.78, 5) is 21.8. The molecular weight excluding hydrogens is 314 g/mol. The van der Waals surface area contributed by atoms with Gasteiger partial charge in [0.25, 0.3) is 0 Å². The van der Waals surface area contributed by atoms with E-state index in [1.54, 1.807) is 22.7 Å². The Morgan fingerprint density at radius 2 is 2.36 bits per heavy atom. The second-order valence-corrected chi connectivity index (χ2v) is 8.10. The van der Waals surface area contributed by atoms with Crippen molar-refractivity contribution in [2.75, 3.05) is 24.5 Å². The van der Waals surface area contributed by atoms with E-state index in [-0.39, 0.29) is 5.41 Å². The molecule has 1 spiro atoms. The molecule has 0 N–H and O–H groups in total. The normalized spacial score (nSPS) is 29.0. The molecule has 0 saturated carbocycles. The first-order chi connectivity index (χ1) is 10.7. The molecule has 4 nitrogen and oxygen atoms in total. The minimum Gasteiger partial charge on any atom is -0.311 e. The Morgan fingerprint density at radius 1 is 1.45 bits per heavy atom. The SMILES string of the molecule is C[C@@H]1CN(Cc2nccs2)C[C@]12CCN(c1ccsc1)C2=O. The monoisotopic (exact) mass is 333 g/mol. The Hall–Kier alpha value is -1.24. The molecule has 0 radical (unpaired) electrons. The van der Waals surface area contributed by atoms with Crippen LogP contribution in [0.5, 0.6) is 0 Å². The lowest BCUT2D eigenvalue weighted by Crippen LogP contribution is -2.39. The van der Waals surface area contributed by atoms with Gasteiger partial charge in [0.1, 0.15) is 5.01 Å². The van der Waals surface area contributed by atoms with Gasteiger partial charge in [-0.1, -0.05) is 6.92 Å². The van der Waals surface area contributed by atoms with Gasteiger partial charge in [-0.2, -0.15) is 11.3 Å². The second-order valence-electron chi connectivity index (χ2n) is 6.34. The summed E-state index contributed by atoms with van der Waals surface area (Å²) < 4.78 is 0. The van der Waals surface area contributed by atoms with Crippen molar-refractivity contribution in [3.05, 3.63) is 33.4 Å². The molecule has 1 amide bonds. The number of thiazole rings is 1. The number of thiophene rings is 1. The Balaban J connectivity index is 1.53. The third-order valence-electron chi connectivity index (χ3n) is 5.09. The summed E-state index contributed by atoms with van der Waals surface area (Å²) in [5.41, 5.74) is 0.872. The van der Waals surface area contributed by atoms with Crippen LogP contribution in [0.2, 0.25) is 0 Å². The largest absolute Gasteiger partial charge is 0.311 e. The van der Waals surface area contributed by atoms with E-state index in [1.165, 1.54) is 0 Å². The van der Waals surface area contributed by atoms with Crippen LogP contribution in [-0.4, -0.2) is 35.4 Å². The third-order valence-corrected chi connectivity index (χ3v) is 6.53. The van der Waals surface area contributed by atoms with Crippen LogP contribution in [0.15, 0.2) is 28.4 Å². The van der Waals surface area contributed by atoms with Crippen molar-refractivity contribution in [2.24, 2.45) is 11.3 Å². The molecule has 22 heavy (non-hydrogen) atoms. The highest BCUT2D eigenvalue weighted by Crippen LogP contribution is 2.46. The lowest BCUT2D eigenvalue weighted by molar-refractivity contribution is -0.126. The first-order valence-corrected chi connectivity index (χ1v) is 9.46. The molecule has 2 saturated heterocycles. The van der Waals surface area contributed by atoms with Crippen LogP contribution in [-0.2, 0) is 11.3 Å². The van der Waals surface area contributed by atoms with Crippen molar-refractivity contribution in [1.29, 1.82) is 0 Å². The Morgan fingerprint density at radius 3 is 3.09 bits per heavy atom. The summed E-state index contributed by atoms with van der Waals surface area (Å²) in [6.07, 6.45) is 2.82. The number of hydrogen-bond acceptors (Lipinski definition) is 5. The Bertz CT molecular complexity index is 655. The van der Waals surface area contributed by atoms with Gasteiger partial charge in [0.2, 0.25) is 5.91 Å². The van der Waals surface area contributed by atoms with E-state index in [1.807, 2.05) is 21.9 Å². The molecule has 0 aliphatic carbocycles. The second kappa shape index (κ2) is 5.44. The highest BCUT2D eigenvalue weighted by molar-refractivity contribution is 7.09. The molecule has 2 aromatic heterocycles. The van der Waals surface area contributed by atoms with E-state index in [2.05, 4.69) is 28.3 Å². The van der Waals surface area contributed by atoms with Gasteiger partial charge < -0.3 is 4.90 Å². The molecule has 2 atom stereocenters. The van der Waals surface area contributed by atoms with Crippen LogP contribution >= 0.6 is 22.7 Å². The Kier molecular flexibility index (Phi) is 3.55. The van der Waals surface area contributed by atoms with Crippen LogP contribution in [0.4, 0.5) is 5.69 Å². The van der Waals surface area contributed by atoms with Crippen molar-refractivity contribution < 1.29 is 4.79 Å². The van der Waals surface area contributed by atoms with Crippen LogP contribution < -0.4 is 4.90 Å². The summed E-state index contributed by atoms with van der Waals surface area (Å²) in [7, 11) is 0. The van der Waals surface area contributed by atoms with E-state index >= 15 is 0 Å². The maximum Gasteiger partial charge on any atom is 0.234 e. The summed E-state index contributed by atoms with van der Waals surface area (Å²) in [6, 6.07) is 2.05. The van der Waals surface area contributed by atoms with Crippen molar-refractivity contribution in [3.8, 4) is 0 Å². The van der Waals surface area contributed by atoms with Crippen molar-refractivity contribution in [2.45, 2.75) is 19.9 Å². The molecular formula is C16H19N3OS2. The average Bonchev–Trinajstić information content (AvgIpc) is 3.24. The number of hydrogen-bond donors (Lipinski definition) is 0. The van der Waals surface area contributed by atoms with Gasteiger partial charge in [-0.05, 0) is 23.8 Å². The predicted molar refractivity (Wildman–Crippen MR) is 90.3 cm³/mol. The lowest BCUT2D eigenvalue weighted by Gasteiger charge is -2.26. The fourth-order valence-electron chi connectivity index (χ4n) is 3.87. The summed E-state index contributed by atoms with van der Waals surface area (Å²) in [5.74, 6) is 0.726. The quantitative estimate of drug-likeness (QED) is 0.866. The zero-order chi connectivity index (χ0) is 15.2. The van der Waals surface area contributed by atoms with Gasteiger partial charge >= 0.3 is 0 Å². The molecule has 4 rings (SSSR count). The summed E-state index contributed by atoms with van der Waals surface area (Å²) >= 11 is 3.35. The standard InChI is InChI=1S/C16H19N3OS2/c1-12-8-18(9-14-17-4-7-22-14)11-16(12)3-5-19(15(16)20)13-2-6-21-10-13/h2,4,6-7,10,12H,3,5,8-9,11H2,1H3/t12-,16-/m1/s1. The van der Waals surface area contributed by atoms with E-state index in [0.717, 1.165) is 43.3 Å². The topological polar surface area (TPSA) is 36.4 Å². The highest BCUT2D eigenvalue weighted by Gasteiger charge is 2.55. The van der Waals surface area contributed by atoms with Gasteiger partial charge in [0.05, 0.1) is 17.6 Å². The molecule has 0 aromatic carbocycles. The van der Waals surface area contributed by atoms with Gasteiger partial charge in [-0.15, -0.1) is 11.3 Å². The highest BCUT2D eigenvalue weighted by atomic mass is 32.1. The molecule has 4 heterocycles. The molecule has 2 fully saturated rings. The average molecular weight is 333 g/mol. The van der Waals surface area contributed by atoms with E-state index < -0.39 is 0 Å². The molecule has 0 unspecified atom stereocenters. The van der Waals surface area contributed by atoms with Gasteiger partial charge in [-0.3, -0.25) is 9.69 Å². The number of amides is 1. The van der Waals surface area contributed by atoms with Gasteiger partial charge in [0, 0.05) is 36.6 Å². The number of anilines is 1. The third kappa shape index (κ3) is 2.21. The molecule has 6 heteroatoms. The smallest absolute Gasteiger partial charge is 0.234 e. The fraction of sp³-hybridized carbons (Fsp3) is 0.500. The molecule has 116 valence electrons. The van der Waals surface area contributed by atoms with Crippen LogP contribution in [0.25, 0.3) is 0 Å². The first-order valence-electron chi connectivity index (χ1n) is 7.64. The number of rotatable bonds is 3. The maximum atomic E-state index is 13.1. The number of likely N-dealkylation sites (tertiary alicyclic amines) is 1. The summed E-state index contributed by atoms with van der Waals surface area (Å²) in [6.45, 7) is 5.81. The van der Waals surface area contributed by atoms with Gasteiger partial charge in [-0.25, -0.2) is 4.98 Å². The Labute approximate surface area is 138 Å². The minimum absolute atomic E-state index is 0.195. The van der Waals surface area contributed by atoms with Crippen LogP contribution in [0.3, 0.4) is 0 Å². The lowest BCUT2D eigenvalue weighted by atomic mass is 9.78. The summed E-state index contributed by atoms with van der Waals surface area (Å²) in [5, 5.41) is 7.28. The number of aromatic nitrogens is 1. The van der Waals surface area contributed by atoms with Crippen molar-refractivity contribution >= 4 is 34.3 Å². The first kappa shape index (κ1) is 14.4. The van der Waals surface area contributed by atoms with Crippen molar-refractivity contribution in [1.82, 2.24) is 9.88 Å². The molecule has 2 aliphatic heterocycles. The number of carbonyl (C=O) groups is 1. The van der Waals surface area contributed by atoms with Gasteiger partial charge in [0.15, 0.2) is 0 Å². The number of nitrogens with zero attached hydrogens (tertiary/aromatic N) is 3. The van der Waals surface area contributed by atoms with E-state index in [0.29, 0.717) is 11.8 Å². The fourth-order valence-corrected chi connectivity index (χ4v) is 5.17. The molecule has 0 bridgehead atoms. The van der Waals surface area contributed by atoms with Crippen LogP contribution in [0.1, 0.15) is 18.4 Å². The minimum atomic E-state index is -0.195.